The molecular weight excluding hydrogens is 510 g/mol. The fourth-order valence-electron chi connectivity index (χ4n) is 4.76. The average molecular weight is 548 g/mol. The molecule has 0 radical (unpaired) electrons. The molecule has 0 spiro atoms. The smallest absolute Gasteiger partial charge is 0.242 e. The van der Waals surface area contributed by atoms with E-state index in [0.29, 0.717) is 23.7 Å². The van der Waals surface area contributed by atoms with Crippen LogP contribution in [0.15, 0.2) is 48.5 Å². The van der Waals surface area contributed by atoms with Crippen molar-refractivity contribution in [1.29, 1.82) is 0 Å². The van der Waals surface area contributed by atoms with Gasteiger partial charge in [-0.25, -0.2) is 8.42 Å². The summed E-state index contributed by atoms with van der Waals surface area (Å²) >= 11 is 6.07. The van der Waals surface area contributed by atoms with Crippen LogP contribution in [-0.2, 0) is 26.2 Å². The van der Waals surface area contributed by atoms with E-state index >= 15 is 0 Å². The second kappa shape index (κ2) is 13.3. The van der Waals surface area contributed by atoms with E-state index in [9.17, 15) is 18.0 Å². The van der Waals surface area contributed by atoms with Gasteiger partial charge in [0.1, 0.15) is 6.04 Å². The minimum Gasteiger partial charge on any atom is -0.352 e. The van der Waals surface area contributed by atoms with Gasteiger partial charge in [-0.3, -0.25) is 13.9 Å². The number of nitrogens with one attached hydrogen (secondary N) is 1. The maximum absolute atomic E-state index is 13.5. The van der Waals surface area contributed by atoms with Crippen LogP contribution >= 0.6 is 11.6 Å². The molecule has 0 aliphatic heterocycles. The first-order valence-electron chi connectivity index (χ1n) is 12.9. The van der Waals surface area contributed by atoms with Crippen LogP contribution < -0.4 is 9.62 Å². The molecule has 1 atom stereocenters. The summed E-state index contributed by atoms with van der Waals surface area (Å²) < 4.78 is 26.2. The second-order valence-corrected chi connectivity index (χ2v) is 12.2. The normalized spacial score (nSPS) is 15.1. The number of anilines is 1. The van der Waals surface area contributed by atoms with Crippen molar-refractivity contribution in [3.05, 3.63) is 64.7 Å². The Morgan fingerprint density at radius 1 is 1.08 bits per heavy atom. The van der Waals surface area contributed by atoms with Gasteiger partial charge in [0.15, 0.2) is 0 Å². The molecule has 2 amide bonds. The van der Waals surface area contributed by atoms with E-state index in [1.165, 1.54) is 10.7 Å². The van der Waals surface area contributed by atoms with Crippen LogP contribution in [-0.4, -0.2) is 50.0 Å². The Hall–Kier alpha value is -2.58. The Kier molecular flexibility index (Phi) is 10.4. The summed E-state index contributed by atoms with van der Waals surface area (Å²) in [7, 11) is -3.57. The Labute approximate surface area is 226 Å². The predicted octanol–water partition coefficient (Wildman–Crippen LogP) is 5.06. The molecule has 7 nitrogen and oxygen atoms in total. The van der Waals surface area contributed by atoms with Crippen LogP contribution in [0, 0.1) is 6.92 Å². The number of amides is 2. The highest BCUT2D eigenvalue weighted by atomic mass is 35.5. The summed E-state index contributed by atoms with van der Waals surface area (Å²) in [4.78, 5) is 28.2. The summed E-state index contributed by atoms with van der Waals surface area (Å²) in [5, 5.41) is 3.58. The fraction of sp³-hybridized carbons (Fsp3) is 0.500. The van der Waals surface area contributed by atoms with E-state index in [2.05, 4.69) is 5.32 Å². The standard InChI is InChI=1S/C28H38ClN3O4S/c1-21-11-7-8-12-23(21)20-31(22(2)28(34)30-25-14-5-4-6-15-25)27(33)17-10-18-32(37(3,35)36)26-16-9-13-24(29)19-26/h7-9,11-13,16,19,22,25H,4-6,10,14-15,17-18,20H2,1-3H3,(H,30,34). The molecule has 0 bridgehead atoms. The van der Waals surface area contributed by atoms with E-state index in [1.807, 2.05) is 31.2 Å². The quantitative estimate of drug-likeness (QED) is 0.426. The number of hydrogen-bond donors (Lipinski definition) is 1. The maximum atomic E-state index is 13.5. The van der Waals surface area contributed by atoms with Crippen molar-refractivity contribution < 1.29 is 18.0 Å². The van der Waals surface area contributed by atoms with Crippen molar-refractivity contribution in [3.8, 4) is 0 Å². The van der Waals surface area contributed by atoms with Gasteiger partial charge in [0.05, 0.1) is 11.9 Å². The molecule has 1 unspecified atom stereocenters. The van der Waals surface area contributed by atoms with Crippen molar-refractivity contribution in [2.45, 2.75) is 77.4 Å². The summed E-state index contributed by atoms with van der Waals surface area (Å²) in [5.74, 6) is -0.334. The third-order valence-electron chi connectivity index (χ3n) is 6.97. The number of carbonyl (C=O) groups excluding carboxylic acids is 2. The third kappa shape index (κ3) is 8.47. The Morgan fingerprint density at radius 3 is 2.43 bits per heavy atom. The molecule has 0 aromatic heterocycles. The van der Waals surface area contributed by atoms with E-state index < -0.39 is 16.1 Å². The van der Waals surface area contributed by atoms with Gasteiger partial charge in [-0.05, 0) is 62.4 Å². The highest BCUT2D eigenvalue weighted by Crippen LogP contribution is 2.23. The van der Waals surface area contributed by atoms with Crippen molar-refractivity contribution in [1.82, 2.24) is 10.2 Å². The minimum atomic E-state index is -3.57. The zero-order valence-electron chi connectivity index (χ0n) is 22.0. The van der Waals surface area contributed by atoms with Crippen molar-refractivity contribution >= 4 is 39.1 Å². The van der Waals surface area contributed by atoms with Gasteiger partial charge < -0.3 is 10.2 Å². The van der Waals surface area contributed by atoms with Crippen LogP contribution in [0.2, 0.25) is 5.02 Å². The van der Waals surface area contributed by atoms with Gasteiger partial charge in [-0.15, -0.1) is 0 Å². The Morgan fingerprint density at radius 2 is 1.78 bits per heavy atom. The van der Waals surface area contributed by atoms with Gasteiger partial charge in [-0.2, -0.15) is 0 Å². The molecule has 1 aliphatic carbocycles. The lowest BCUT2D eigenvalue weighted by Crippen LogP contribution is -2.50. The minimum absolute atomic E-state index is 0.111. The molecule has 1 saturated carbocycles. The summed E-state index contributed by atoms with van der Waals surface area (Å²) in [6.07, 6.45) is 6.89. The molecule has 0 heterocycles. The molecular formula is C28H38ClN3O4S. The largest absolute Gasteiger partial charge is 0.352 e. The number of halogens is 1. The summed E-state index contributed by atoms with van der Waals surface area (Å²) in [6, 6.07) is 14.0. The van der Waals surface area contributed by atoms with Crippen molar-refractivity contribution in [2.24, 2.45) is 0 Å². The lowest BCUT2D eigenvalue weighted by Gasteiger charge is -2.32. The average Bonchev–Trinajstić information content (AvgIpc) is 2.85. The topological polar surface area (TPSA) is 86.8 Å². The van der Waals surface area contributed by atoms with Crippen LogP contribution in [0.4, 0.5) is 5.69 Å². The Bertz CT molecular complexity index is 1180. The number of benzene rings is 2. The highest BCUT2D eigenvalue weighted by Gasteiger charge is 2.28. The summed E-state index contributed by atoms with van der Waals surface area (Å²) in [5.41, 5.74) is 2.48. The molecule has 3 rings (SSSR count). The van der Waals surface area contributed by atoms with Crippen molar-refractivity contribution in [3.63, 3.8) is 0 Å². The first-order valence-corrected chi connectivity index (χ1v) is 15.2. The molecule has 1 N–H and O–H groups in total. The third-order valence-corrected chi connectivity index (χ3v) is 8.40. The molecule has 9 heteroatoms. The van der Waals surface area contributed by atoms with Gasteiger partial charge in [0.25, 0.3) is 0 Å². The second-order valence-electron chi connectivity index (χ2n) is 9.89. The predicted molar refractivity (Wildman–Crippen MR) is 149 cm³/mol. The first kappa shape index (κ1) is 29.0. The Balaban J connectivity index is 1.72. The van der Waals surface area contributed by atoms with E-state index in [0.717, 1.165) is 43.1 Å². The number of carbonyl (C=O) groups is 2. The van der Waals surface area contributed by atoms with E-state index in [1.54, 1.807) is 36.1 Å². The van der Waals surface area contributed by atoms with Crippen molar-refractivity contribution in [2.75, 3.05) is 17.1 Å². The van der Waals surface area contributed by atoms with Gasteiger partial charge in [0.2, 0.25) is 21.8 Å². The lowest BCUT2D eigenvalue weighted by molar-refractivity contribution is -0.141. The van der Waals surface area contributed by atoms with Gasteiger partial charge >= 0.3 is 0 Å². The molecule has 1 aliphatic rings. The van der Waals surface area contributed by atoms with Gasteiger partial charge in [0, 0.05) is 30.6 Å². The molecule has 1 fully saturated rings. The summed E-state index contributed by atoms with van der Waals surface area (Å²) in [6.45, 7) is 4.20. The van der Waals surface area contributed by atoms with Gasteiger partial charge in [-0.1, -0.05) is 61.2 Å². The van der Waals surface area contributed by atoms with Crippen LogP contribution in [0.5, 0.6) is 0 Å². The monoisotopic (exact) mass is 547 g/mol. The molecule has 2 aromatic carbocycles. The number of rotatable bonds is 11. The maximum Gasteiger partial charge on any atom is 0.242 e. The first-order chi connectivity index (χ1) is 17.6. The number of nitrogens with zero attached hydrogens (tertiary/aromatic N) is 2. The molecule has 202 valence electrons. The number of aryl methyl sites for hydroxylation is 1. The van der Waals surface area contributed by atoms with Crippen LogP contribution in [0.1, 0.15) is 63.0 Å². The number of hydrogen-bond acceptors (Lipinski definition) is 4. The van der Waals surface area contributed by atoms with E-state index in [4.69, 9.17) is 11.6 Å². The number of sulfonamides is 1. The lowest BCUT2D eigenvalue weighted by atomic mass is 9.95. The molecule has 37 heavy (non-hydrogen) atoms. The van der Waals surface area contributed by atoms with Crippen LogP contribution in [0.3, 0.4) is 0 Å². The SMILES string of the molecule is Cc1ccccc1CN(C(=O)CCCN(c1cccc(Cl)c1)S(C)(=O)=O)C(C)C(=O)NC1CCCCC1. The van der Waals surface area contributed by atoms with Crippen LogP contribution in [0.25, 0.3) is 0 Å². The molecule has 0 saturated heterocycles. The fourth-order valence-corrected chi connectivity index (χ4v) is 5.90. The zero-order chi connectivity index (χ0) is 27.0. The molecule has 2 aromatic rings. The highest BCUT2D eigenvalue weighted by molar-refractivity contribution is 7.92. The zero-order valence-corrected chi connectivity index (χ0v) is 23.5. The van der Waals surface area contributed by atoms with E-state index in [-0.39, 0.29) is 30.8 Å².